The van der Waals surface area contributed by atoms with Crippen LogP contribution in [-0.4, -0.2) is 61.1 Å². The molecule has 1 aromatic heterocycles. The molecule has 0 spiro atoms. The van der Waals surface area contributed by atoms with Gasteiger partial charge >= 0.3 is 5.97 Å². The summed E-state index contributed by atoms with van der Waals surface area (Å²) in [7, 11) is 0. The second-order valence-corrected chi connectivity index (χ2v) is 6.75. The molecular weight excluding hydrogens is 493 g/mol. The van der Waals surface area contributed by atoms with E-state index >= 15 is 0 Å². The van der Waals surface area contributed by atoms with Crippen molar-refractivity contribution in [3.63, 3.8) is 0 Å². The Hall–Kier alpha value is -2.36. The lowest BCUT2D eigenvalue weighted by molar-refractivity contribution is 0.0526. The molecule has 1 aliphatic rings. The van der Waals surface area contributed by atoms with E-state index in [1.165, 1.54) is 0 Å². The molecule has 8 heteroatoms. The summed E-state index contributed by atoms with van der Waals surface area (Å²) >= 11 is 0. The van der Waals surface area contributed by atoms with Gasteiger partial charge in [0.1, 0.15) is 5.82 Å². The molecule has 0 unspecified atom stereocenters. The molecule has 0 saturated carbocycles. The van der Waals surface area contributed by atoms with E-state index in [2.05, 4.69) is 33.1 Å². The van der Waals surface area contributed by atoms with Gasteiger partial charge in [0.2, 0.25) is 0 Å². The Morgan fingerprint density at radius 2 is 1.83 bits per heavy atom. The van der Waals surface area contributed by atoms with Crippen molar-refractivity contribution in [1.82, 2.24) is 15.2 Å². The Morgan fingerprint density at radius 3 is 2.43 bits per heavy atom. The van der Waals surface area contributed by atoms with Crippen LogP contribution >= 0.6 is 24.0 Å². The predicted molar refractivity (Wildman–Crippen MR) is 131 cm³/mol. The molecule has 3 rings (SSSR count). The summed E-state index contributed by atoms with van der Waals surface area (Å²) in [6, 6.07) is 13.5. The minimum absolute atomic E-state index is 0. The third-order valence-corrected chi connectivity index (χ3v) is 4.76. The average molecular weight is 523 g/mol. The van der Waals surface area contributed by atoms with Crippen molar-refractivity contribution >= 4 is 41.7 Å². The first-order valence-electron chi connectivity index (χ1n) is 10.2. The van der Waals surface area contributed by atoms with E-state index in [4.69, 9.17) is 9.73 Å². The Morgan fingerprint density at radius 1 is 1.10 bits per heavy atom. The van der Waals surface area contributed by atoms with Crippen LogP contribution in [0.3, 0.4) is 0 Å². The van der Waals surface area contributed by atoms with E-state index in [9.17, 15) is 4.79 Å². The molecule has 1 aliphatic heterocycles. The fraction of sp³-hybridized carbons (Fsp3) is 0.409. The Balaban J connectivity index is 0.00000320. The smallest absolute Gasteiger partial charge is 0.338 e. The van der Waals surface area contributed by atoms with Crippen molar-refractivity contribution in [2.24, 2.45) is 4.99 Å². The lowest BCUT2D eigenvalue weighted by atomic mass is 10.1. The summed E-state index contributed by atoms with van der Waals surface area (Å²) < 4.78 is 5.03. The second kappa shape index (κ2) is 12.4. The molecule has 1 fully saturated rings. The number of benzene rings is 1. The van der Waals surface area contributed by atoms with Crippen LogP contribution in [0.25, 0.3) is 0 Å². The largest absolute Gasteiger partial charge is 0.462 e. The van der Waals surface area contributed by atoms with E-state index in [0.29, 0.717) is 18.7 Å². The Kier molecular flexibility index (Phi) is 9.85. The molecule has 1 saturated heterocycles. The molecule has 30 heavy (non-hydrogen) atoms. The number of guanidine groups is 1. The zero-order valence-corrected chi connectivity index (χ0v) is 19.9. The summed E-state index contributed by atoms with van der Waals surface area (Å²) in [4.78, 5) is 25.6. The number of hydrogen-bond acceptors (Lipinski definition) is 5. The minimum Gasteiger partial charge on any atom is -0.462 e. The number of ether oxygens (including phenoxy) is 1. The normalized spacial score (nSPS) is 14.1. The van der Waals surface area contributed by atoms with Crippen LogP contribution in [0.1, 0.15) is 29.8 Å². The summed E-state index contributed by atoms with van der Waals surface area (Å²) in [6.07, 6.45) is 1.83. The van der Waals surface area contributed by atoms with E-state index < -0.39 is 0 Å². The molecule has 0 atom stereocenters. The monoisotopic (exact) mass is 523 g/mol. The molecule has 7 nitrogen and oxygen atoms in total. The second-order valence-electron chi connectivity index (χ2n) is 6.75. The zero-order chi connectivity index (χ0) is 20.5. The fourth-order valence-electron chi connectivity index (χ4n) is 3.24. The van der Waals surface area contributed by atoms with Crippen LogP contribution < -0.4 is 10.2 Å². The zero-order valence-electron chi connectivity index (χ0n) is 17.6. The molecule has 0 aliphatic carbocycles. The molecule has 0 amide bonds. The highest BCUT2D eigenvalue weighted by atomic mass is 127. The molecule has 2 heterocycles. The summed E-state index contributed by atoms with van der Waals surface area (Å²) in [6.45, 7) is 9.25. The number of aromatic nitrogens is 1. The third kappa shape index (κ3) is 6.58. The van der Waals surface area contributed by atoms with Gasteiger partial charge in [-0.3, -0.25) is 0 Å². The number of rotatable bonds is 6. The molecular formula is C22H30IN5O2. The van der Waals surface area contributed by atoms with Crippen molar-refractivity contribution in [2.45, 2.75) is 20.4 Å². The molecule has 1 aromatic carbocycles. The number of aliphatic imine (C=N–C) groups is 1. The molecule has 0 bridgehead atoms. The van der Waals surface area contributed by atoms with E-state index in [0.717, 1.165) is 50.1 Å². The van der Waals surface area contributed by atoms with Gasteiger partial charge in [-0.25, -0.2) is 14.8 Å². The van der Waals surface area contributed by atoms with Crippen molar-refractivity contribution in [3.05, 3.63) is 59.8 Å². The van der Waals surface area contributed by atoms with Crippen LogP contribution in [0.5, 0.6) is 0 Å². The van der Waals surface area contributed by atoms with Gasteiger partial charge in [0.05, 0.1) is 18.7 Å². The first kappa shape index (κ1) is 23.9. The molecule has 0 radical (unpaired) electrons. The maximum absolute atomic E-state index is 11.8. The first-order valence-corrected chi connectivity index (χ1v) is 10.2. The number of anilines is 1. The third-order valence-electron chi connectivity index (χ3n) is 4.76. The van der Waals surface area contributed by atoms with Gasteiger partial charge in [-0.2, -0.15) is 0 Å². The average Bonchev–Trinajstić information content (AvgIpc) is 2.78. The lowest BCUT2D eigenvalue weighted by Gasteiger charge is -2.37. The number of carbonyl (C=O) groups is 1. The predicted octanol–water partition coefficient (Wildman–Crippen LogP) is 3.16. The van der Waals surface area contributed by atoms with Gasteiger partial charge in [-0.1, -0.05) is 18.2 Å². The summed E-state index contributed by atoms with van der Waals surface area (Å²) in [5.74, 6) is 1.65. The topological polar surface area (TPSA) is 70.1 Å². The van der Waals surface area contributed by atoms with Crippen LogP contribution in [0.2, 0.25) is 0 Å². The standard InChI is InChI=1S/C22H29N5O2.HI/c1-3-23-22(25-17-18-8-10-19(11-9-18)21(28)29-4-2)27-15-13-26(14-16-27)20-7-5-6-12-24-20;/h5-12H,3-4,13-17H2,1-2H3,(H,23,25);1H. The quantitative estimate of drug-likeness (QED) is 0.272. The van der Waals surface area contributed by atoms with Crippen LogP contribution in [-0.2, 0) is 11.3 Å². The molecule has 2 aromatic rings. The summed E-state index contributed by atoms with van der Waals surface area (Å²) in [5, 5.41) is 3.39. The van der Waals surface area contributed by atoms with Gasteiger partial charge in [0, 0.05) is 38.9 Å². The number of carbonyl (C=O) groups excluding carboxylic acids is 1. The number of esters is 1. The van der Waals surface area contributed by atoms with Crippen molar-refractivity contribution < 1.29 is 9.53 Å². The van der Waals surface area contributed by atoms with Crippen molar-refractivity contribution in [2.75, 3.05) is 44.2 Å². The van der Waals surface area contributed by atoms with E-state index in [1.54, 1.807) is 19.1 Å². The van der Waals surface area contributed by atoms with Crippen molar-refractivity contribution in [3.8, 4) is 0 Å². The Labute approximate surface area is 195 Å². The van der Waals surface area contributed by atoms with Crippen LogP contribution in [0.15, 0.2) is 53.7 Å². The molecule has 1 N–H and O–H groups in total. The maximum Gasteiger partial charge on any atom is 0.338 e. The fourth-order valence-corrected chi connectivity index (χ4v) is 3.24. The van der Waals surface area contributed by atoms with Crippen LogP contribution in [0, 0.1) is 0 Å². The highest BCUT2D eigenvalue weighted by Crippen LogP contribution is 2.13. The maximum atomic E-state index is 11.8. The van der Waals surface area contributed by atoms with Gasteiger partial charge in [0.25, 0.3) is 0 Å². The van der Waals surface area contributed by atoms with E-state index in [-0.39, 0.29) is 29.9 Å². The molecule has 162 valence electrons. The number of hydrogen-bond donors (Lipinski definition) is 1. The number of nitrogens with zero attached hydrogens (tertiary/aromatic N) is 4. The van der Waals surface area contributed by atoms with Gasteiger partial charge in [0.15, 0.2) is 5.96 Å². The van der Waals surface area contributed by atoms with Crippen molar-refractivity contribution in [1.29, 1.82) is 0 Å². The van der Waals surface area contributed by atoms with E-state index in [1.807, 2.05) is 30.5 Å². The van der Waals surface area contributed by atoms with Crippen LogP contribution in [0.4, 0.5) is 5.82 Å². The number of piperazine rings is 1. The first-order chi connectivity index (χ1) is 14.2. The summed E-state index contributed by atoms with van der Waals surface area (Å²) in [5.41, 5.74) is 1.62. The highest BCUT2D eigenvalue weighted by molar-refractivity contribution is 14.0. The number of pyridine rings is 1. The highest BCUT2D eigenvalue weighted by Gasteiger charge is 2.20. The minimum atomic E-state index is -0.290. The van der Waals surface area contributed by atoms with Gasteiger partial charge in [-0.05, 0) is 43.7 Å². The number of nitrogens with one attached hydrogen (secondary N) is 1. The SMILES string of the molecule is CCNC(=NCc1ccc(C(=O)OCC)cc1)N1CCN(c2ccccn2)CC1.I. The Bertz CT molecular complexity index is 806. The van der Waals surface area contributed by atoms with Gasteiger partial charge < -0.3 is 19.9 Å². The lowest BCUT2D eigenvalue weighted by Crippen LogP contribution is -2.52. The van der Waals surface area contributed by atoms with Gasteiger partial charge in [-0.15, -0.1) is 24.0 Å². The number of halogens is 1.